The molecule has 3 heterocycles. The van der Waals surface area contributed by atoms with Crippen LogP contribution in [0.5, 0.6) is 0 Å². The smallest absolute Gasteiger partial charge is 0.324 e. The molecule has 3 atom stereocenters. The molecule has 1 saturated carbocycles. The Bertz CT molecular complexity index is 967. The lowest BCUT2D eigenvalue weighted by molar-refractivity contribution is -0.140. The van der Waals surface area contributed by atoms with Crippen LogP contribution in [0, 0.1) is 5.92 Å². The molecule has 2 saturated heterocycles. The van der Waals surface area contributed by atoms with Crippen LogP contribution in [-0.2, 0) is 4.79 Å². The standard InChI is InChI=1S/C22H24FN3O3S/c23-14-5-6-17-16(12-14)20(27)26(22(29)24-17)15-7-9-25(10-8-15)21(28)19-11-13-3-1-2-4-18(13)30-19/h1-4,11,14-17H,5-10,12H2,(H,24,29). The molecule has 3 aliphatic rings. The van der Waals surface area contributed by atoms with Crippen LogP contribution < -0.4 is 5.32 Å². The van der Waals surface area contributed by atoms with Crippen molar-refractivity contribution in [2.24, 2.45) is 5.92 Å². The highest BCUT2D eigenvalue weighted by atomic mass is 32.1. The second kappa shape index (κ2) is 7.65. The number of likely N-dealkylation sites (tertiary alicyclic amines) is 1. The van der Waals surface area contributed by atoms with Crippen LogP contribution in [0.25, 0.3) is 10.1 Å². The number of hydrogen-bond acceptors (Lipinski definition) is 4. The fourth-order valence-electron chi connectivity index (χ4n) is 4.99. The molecule has 1 N–H and O–H groups in total. The second-order valence-corrected chi connectivity index (χ2v) is 9.54. The molecule has 4 amide bonds. The fourth-order valence-corrected chi connectivity index (χ4v) is 6.02. The van der Waals surface area contributed by atoms with Gasteiger partial charge in [0.2, 0.25) is 5.91 Å². The Hall–Kier alpha value is -2.48. The highest BCUT2D eigenvalue weighted by Crippen LogP contribution is 2.34. The van der Waals surface area contributed by atoms with Crippen molar-refractivity contribution >= 4 is 39.3 Å². The molecule has 0 bridgehead atoms. The molecule has 30 heavy (non-hydrogen) atoms. The van der Waals surface area contributed by atoms with Gasteiger partial charge in [0, 0.05) is 29.9 Å². The van der Waals surface area contributed by atoms with Gasteiger partial charge in [-0.15, -0.1) is 11.3 Å². The molecule has 0 radical (unpaired) electrons. The van der Waals surface area contributed by atoms with Crippen LogP contribution in [0.2, 0.25) is 0 Å². The van der Waals surface area contributed by atoms with E-state index in [1.807, 2.05) is 30.3 Å². The minimum atomic E-state index is -0.979. The van der Waals surface area contributed by atoms with Crippen molar-refractivity contribution < 1.29 is 18.8 Å². The number of carbonyl (C=O) groups excluding carboxylic acids is 3. The molecule has 5 rings (SSSR count). The Morgan fingerprint density at radius 2 is 1.87 bits per heavy atom. The number of thiophene rings is 1. The zero-order valence-electron chi connectivity index (χ0n) is 16.6. The number of urea groups is 1. The SMILES string of the molecule is O=C(c1cc2ccccc2s1)N1CCC(N2C(=O)NC3CCC(F)CC3C2=O)CC1. The lowest BCUT2D eigenvalue weighted by Crippen LogP contribution is -2.65. The molecular weight excluding hydrogens is 405 g/mol. The number of rotatable bonds is 2. The van der Waals surface area contributed by atoms with Crippen LogP contribution >= 0.6 is 11.3 Å². The Morgan fingerprint density at radius 3 is 2.63 bits per heavy atom. The van der Waals surface area contributed by atoms with E-state index in [4.69, 9.17) is 0 Å². The third-order valence-corrected chi connectivity index (χ3v) is 7.73. The van der Waals surface area contributed by atoms with E-state index in [9.17, 15) is 18.8 Å². The Labute approximate surface area is 178 Å². The number of nitrogens with zero attached hydrogens (tertiary/aromatic N) is 2. The monoisotopic (exact) mass is 429 g/mol. The maximum atomic E-state index is 13.8. The predicted molar refractivity (Wildman–Crippen MR) is 112 cm³/mol. The van der Waals surface area contributed by atoms with Crippen molar-refractivity contribution in [3.63, 3.8) is 0 Å². The highest BCUT2D eigenvalue weighted by molar-refractivity contribution is 7.20. The van der Waals surface area contributed by atoms with Gasteiger partial charge in [0.25, 0.3) is 5.91 Å². The summed E-state index contributed by atoms with van der Waals surface area (Å²) in [5, 5.41) is 3.97. The van der Waals surface area contributed by atoms with E-state index >= 15 is 0 Å². The van der Waals surface area contributed by atoms with E-state index in [2.05, 4.69) is 5.32 Å². The summed E-state index contributed by atoms with van der Waals surface area (Å²) >= 11 is 1.49. The van der Waals surface area contributed by atoms with Crippen molar-refractivity contribution in [1.29, 1.82) is 0 Å². The lowest BCUT2D eigenvalue weighted by atomic mass is 9.80. The number of fused-ring (bicyclic) bond motifs is 2. The Kier molecular flexibility index (Phi) is 4.97. The van der Waals surface area contributed by atoms with Gasteiger partial charge in [0.05, 0.1) is 10.8 Å². The van der Waals surface area contributed by atoms with Crippen LogP contribution in [0.3, 0.4) is 0 Å². The van der Waals surface area contributed by atoms with Gasteiger partial charge in [-0.05, 0) is 49.6 Å². The van der Waals surface area contributed by atoms with Crippen molar-refractivity contribution in [2.75, 3.05) is 13.1 Å². The zero-order valence-corrected chi connectivity index (χ0v) is 17.4. The number of halogens is 1. The lowest BCUT2D eigenvalue weighted by Gasteiger charge is -2.45. The van der Waals surface area contributed by atoms with E-state index in [0.717, 1.165) is 10.1 Å². The fraction of sp³-hybridized carbons (Fsp3) is 0.500. The molecule has 1 aliphatic carbocycles. The molecule has 1 aromatic carbocycles. The van der Waals surface area contributed by atoms with Crippen molar-refractivity contribution in [2.45, 2.75) is 50.4 Å². The molecule has 8 heteroatoms. The summed E-state index contributed by atoms with van der Waals surface area (Å²) in [6, 6.07) is 8.98. The molecule has 2 aromatic rings. The van der Waals surface area contributed by atoms with Crippen LogP contribution in [0.15, 0.2) is 30.3 Å². The molecule has 158 valence electrons. The quantitative estimate of drug-likeness (QED) is 0.794. The van der Waals surface area contributed by atoms with Gasteiger partial charge in [-0.1, -0.05) is 18.2 Å². The first kappa shape index (κ1) is 19.5. The van der Waals surface area contributed by atoms with Crippen molar-refractivity contribution in [3.8, 4) is 0 Å². The summed E-state index contributed by atoms with van der Waals surface area (Å²) in [7, 11) is 0. The first-order chi connectivity index (χ1) is 14.5. The molecule has 3 unspecified atom stereocenters. The van der Waals surface area contributed by atoms with E-state index in [-0.39, 0.29) is 36.3 Å². The number of imide groups is 1. The van der Waals surface area contributed by atoms with Gasteiger partial charge in [-0.25, -0.2) is 9.18 Å². The number of piperidine rings is 1. The summed E-state index contributed by atoms with van der Waals surface area (Å²) in [5.74, 6) is -0.721. The van der Waals surface area contributed by atoms with Crippen molar-refractivity contribution in [1.82, 2.24) is 15.1 Å². The summed E-state index contributed by atoms with van der Waals surface area (Å²) < 4.78 is 14.9. The van der Waals surface area contributed by atoms with E-state index < -0.39 is 12.1 Å². The molecule has 2 aliphatic heterocycles. The minimum absolute atomic E-state index is 0.00307. The number of alkyl halides is 1. The zero-order chi connectivity index (χ0) is 20.8. The predicted octanol–water partition coefficient (Wildman–Crippen LogP) is 3.56. The van der Waals surface area contributed by atoms with Gasteiger partial charge < -0.3 is 10.2 Å². The number of benzene rings is 1. The third-order valence-electron chi connectivity index (χ3n) is 6.62. The average Bonchev–Trinajstić information content (AvgIpc) is 3.19. The van der Waals surface area contributed by atoms with Gasteiger partial charge >= 0.3 is 6.03 Å². The molecule has 6 nitrogen and oxygen atoms in total. The van der Waals surface area contributed by atoms with Gasteiger partial charge in [0.1, 0.15) is 6.17 Å². The molecular formula is C22H24FN3O3S. The molecule has 1 aromatic heterocycles. The molecule has 0 spiro atoms. The topological polar surface area (TPSA) is 69.7 Å². The summed E-state index contributed by atoms with van der Waals surface area (Å²) in [6.45, 7) is 0.989. The highest BCUT2D eigenvalue weighted by Gasteiger charge is 2.47. The molecule has 3 fully saturated rings. The second-order valence-electron chi connectivity index (χ2n) is 8.45. The van der Waals surface area contributed by atoms with Crippen LogP contribution in [-0.4, -0.2) is 59.0 Å². The average molecular weight is 430 g/mol. The number of nitrogens with one attached hydrogen (secondary N) is 1. The maximum absolute atomic E-state index is 13.8. The first-order valence-electron chi connectivity index (χ1n) is 10.6. The summed E-state index contributed by atoms with van der Waals surface area (Å²) in [5.41, 5.74) is 0. The van der Waals surface area contributed by atoms with Gasteiger partial charge in [-0.3, -0.25) is 14.5 Å². The number of hydrogen-bond donors (Lipinski definition) is 1. The largest absolute Gasteiger partial charge is 0.338 e. The van der Waals surface area contributed by atoms with Gasteiger partial charge in [0.15, 0.2) is 0 Å². The first-order valence-corrected chi connectivity index (χ1v) is 11.4. The van der Waals surface area contributed by atoms with E-state index in [1.165, 1.54) is 16.2 Å². The number of carbonyl (C=O) groups is 3. The number of amides is 4. The Balaban J connectivity index is 1.25. The van der Waals surface area contributed by atoms with Crippen LogP contribution in [0.1, 0.15) is 41.8 Å². The van der Waals surface area contributed by atoms with Crippen molar-refractivity contribution in [3.05, 3.63) is 35.2 Å². The Morgan fingerprint density at radius 1 is 1.10 bits per heavy atom. The normalized spacial score (nSPS) is 27.8. The maximum Gasteiger partial charge on any atom is 0.324 e. The van der Waals surface area contributed by atoms with Crippen LogP contribution in [0.4, 0.5) is 9.18 Å². The summed E-state index contributed by atoms with van der Waals surface area (Å²) in [6.07, 6.45) is 1.21. The van der Waals surface area contributed by atoms with E-state index in [1.54, 1.807) is 4.90 Å². The summed E-state index contributed by atoms with van der Waals surface area (Å²) in [4.78, 5) is 42.3. The third kappa shape index (κ3) is 3.37. The minimum Gasteiger partial charge on any atom is -0.338 e. The van der Waals surface area contributed by atoms with E-state index in [0.29, 0.717) is 43.6 Å². The van der Waals surface area contributed by atoms with Gasteiger partial charge in [-0.2, -0.15) is 0 Å².